The Morgan fingerprint density at radius 1 is 1.32 bits per heavy atom. The van der Waals surface area contributed by atoms with Crippen LogP contribution >= 0.6 is 0 Å². The van der Waals surface area contributed by atoms with Crippen molar-refractivity contribution in [2.45, 2.75) is 13.3 Å². The second kappa shape index (κ2) is 7.48. The van der Waals surface area contributed by atoms with Gasteiger partial charge in [0.25, 0.3) is 5.91 Å². The molecule has 2 heterocycles. The van der Waals surface area contributed by atoms with Gasteiger partial charge in [0.05, 0.1) is 6.42 Å². The maximum Gasteiger partial charge on any atom is 0.303 e. The van der Waals surface area contributed by atoms with Crippen molar-refractivity contribution in [1.29, 1.82) is 0 Å². The molecule has 3 rings (SSSR count). The van der Waals surface area contributed by atoms with E-state index in [4.69, 9.17) is 5.11 Å². The monoisotopic (exact) mass is 342 g/mol. The molecule has 1 aliphatic heterocycles. The molecular formula is C18H22N4O3. The largest absolute Gasteiger partial charge is 0.481 e. The van der Waals surface area contributed by atoms with E-state index in [2.05, 4.69) is 15.3 Å². The third kappa shape index (κ3) is 4.06. The van der Waals surface area contributed by atoms with Crippen molar-refractivity contribution < 1.29 is 14.7 Å². The minimum absolute atomic E-state index is 0.0472. The fourth-order valence-corrected chi connectivity index (χ4v) is 3.11. The molecule has 1 fully saturated rings. The lowest BCUT2D eigenvalue weighted by molar-refractivity contribution is -0.138. The average Bonchev–Trinajstić information content (AvgIpc) is 2.83. The van der Waals surface area contributed by atoms with E-state index in [1.54, 1.807) is 4.90 Å². The fourth-order valence-electron chi connectivity index (χ4n) is 3.11. The lowest BCUT2D eigenvalue weighted by Gasteiger charge is -2.22. The van der Waals surface area contributed by atoms with Crippen molar-refractivity contribution >= 4 is 11.9 Å². The summed E-state index contributed by atoms with van der Waals surface area (Å²) in [5.41, 5.74) is 2.04. The zero-order valence-corrected chi connectivity index (χ0v) is 14.2. The molecular weight excluding hydrogens is 320 g/mol. The van der Waals surface area contributed by atoms with E-state index in [0.717, 1.165) is 11.3 Å². The van der Waals surface area contributed by atoms with Crippen LogP contribution in [-0.2, 0) is 4.79 Å². The highest BCUT2D eigenvalue weighted by Gasteiger charge is 2.27. The second-order valence-electron chi connectivity index (χ2n) is 6.34. The van der Waals surface area contributed by atoms with E-state index in [1.165, 1.54) is 0 Å². The van der Waals surface area contributed by atoms with E-state index < -0.39 is 5.97 Å². The minimum Gasteiger partial charge on any atom is -0.481 e. The molecule has 1 unspecified atom stereocenters. The van der Waals surface area contributed by atoms with Crippen molar-refractivity contribution in [3.63, 3.8) is 0 Å². The van der Waals surface area contributed by atoms with Gasteiger partial charge in [0, 0.05) is 37.4 Å². The van der Waals surface area contributed by atoms with E-state index in [9.17, 15) is 9.59 Å². The van der Waals surface area contributed by atoms with Crippen LogP contribution in [0.15, 0.2) is 30.3 Å². The molecule has 0 bridgehead atoms. The zero-order valence-electron chi connectivity index (χ0n) is 14.2. The molecule has 7 nitrogen and oxygen atoms in total. The minimum atomic E-state index is -0.844. The van der Waals surface area contributed by atoms with Crippen LogP contribution in [0.2, 0.25) is 0 Å². The Morgan fingerprint density at radius 2 is 2.08 bits per heavy atom. The summed E-state index contributed by atoms with van der Waals surface area (Å²) < 4.78 is 0. The molecule has 1 aromatic carbocycles. The van der Waals surface area contributed by atoms with Crippen LogP contribution in [0.5, 0.6) is 0 Å². The van der Waals surface area contributed by atoms with Crippen LogP contribution in [0.3, 0.4) is 0 Å². The van der Waals surface area contributed by atoms with Gasteiger partial charge in [-0.3, -0.25) is 9.59 Å². The number of hydrogen-bond donors (Lipinski definition) is 3. The van der Waals surface area contributed by atoms with Crippen LogP contribution in [-0.4, -0.2) is 58.0 Å². The van der Waals surface area contributed by atoms with E-state index in [-0.39, 0.29) is 18.2 Å². The zero-order chi connectivity index (χ0) is 17.8. The van der Waals surface area contributed by atoms with E-state index in [1.807, 2.05) is 37.3 Å². The summed E-state index contributed by atoms with van der Waals surface area (Å²) in [4.78, 5) is 33.3. The smallest absolute Gasteiger partial charge is 0.303 e. The summed E-state index contributed by atoms with van der Waals surface area (Å²) in [6.45, 7) is 4.05. The standard InChI is InChI=1S/C18H22N4O3/c1-12-16(21-17(20-12)14-5-3-2-4-6-14)18(25)22-8-7-19-10-13(11-22)9-15(23)24/h2-6,13,19H,7-11H2,1H3,(H,20,21)(H,23,24). The number of amides is 1. The van der Waals surface area contributed by atoms with Crippen molar-refractivity contribution in [1.82, 2.24) is 20.2 Å². The fraction of sp³-hybridized carbons (Fsp3) is 0.389. The number of aromatic amines is 1. The predicted molar refractivity (Wildman–Crippen MR) is 93.3 cm³/mol. The summed E-state index contributed by atoms with van der Waals surface area (Å²) in [6, 6.07) is 9.64. The van der Waals surface area contributed by atoms with E-state index in [0.29, 0.717) is 37.7 Å². The van der Waals surface area contributed by atoms with Crippen molar-refractivity contribution in [2.24, 2.45) is 5.92 Å². The number of carboxylic acids is 1. The molecule has 0 radical (unpaired) electrons. The second-order valence-corrected chi connectivity index (χ2v) is 6.34. The van der Waals surface area contributed by atoms with Gasteiger partial charge in [0.2, 0.25) is 0 Å². The third-order valence-electron chi connectivity index (χ3n) is 4.36. The number of carboxylic acid groups (broad SMARTS) is 1. The van der Waals surface area contributed by atoms with Gasteiger partial charge in [0.15, 0.2) is 0 Å². The summed E-state index contributed by atoms with van der Waals surface area (Å²) >= 11 is 0. The Morgan fingerprint density at radius 3 is 2.80 bits per heavy atom. The number of rotatable bonds is 4. The molecule has 1 amide bonds. The third-order valence-corrected chi connectivity index (χ3v) is 4.36. The van der Waals surface area contributed by atoms with Crippen LogP contribution in [0, 0.1) is 12.8 Å². The normalized spacial score (nSPS) is 18.0. The molecule has 25 heavy (non-hydrogen) atoms. The number of hydrogen-bond acceptors (Lipinski definition) is 4. The maximum atomic E-state index is 12.9. The highest BCUT2D eigenvalue weighted by molar-refractivity contribution is 5.94. The van der Waals surface area contributed by atoms with Gasteiger partial charge < -0.3 is 20.3 Å². The van der Waals surface area contributed by atoms with Crippen LogP contribution in [0.25, 0.3) is 11.4 Å². The average molecular weight is 342 g/mol. The summed E-state index contributed by atoms with van der Waals surface area (Å²) in [5.74, 6) is -0.438. The highest BCUT2D eigenvalue weighted by Crippen LogP contribution is 2.19. The molecule has 1 saturated heterocycles. The molecule has 1 aliphatic rings. The summed E-state index contributed by atoms with van der Waals surface area (Å²) in [7, 11) is 0. The number of carbonyl (C=O) groups is 2. The molecule has 2 aromatic rings. The van der Waals surface area contributed by atoms with Gasteiger partial charge in [-0.15, -0.1) is 0 Å². The number of imidazole rings is 1. The summed E-state index contributed by atoms with van der Waals surface area (Å²) in [6.07, 6.45) is 0.0472. The quantitative estimate of drug-likeness (QED) is 0.782. The van der Waals surface area contributed by atoms with Crippen LogP contribution in [0.1, 0.15) is 22.6 Å². The van der Waals surface area contributed by atoms with Gasteiger partial charge in [-0.2, -0.15) is 0 Å². The van der Waals surface area contributed by atoms with Gasteiger partial charge in [0.1, 0.15) is 11.5 Å². The van der Waals surface area contributed by atoms with Gasteiger partial charge >= 0.3 is 5.97 Å². The number of carbonyl (C=O) groups excluding carboxylic acids is 1. The number of aryl methyl sites for hydroxylation is 1. The number of H-pyrrole nitrogens is 1. The Bertz CT molecular complexity index is 757. The van der Waals surface area contributed by atoms with E-state index >= 15 is 0 Å². The van der Waals surface area contributed by atoms with Crippen molar-refractivity contribution in [3.05, 3.63) is 41.7 Å². The SMILES string of the molecule is Cc1[nH]c(-c2ccccc2)nc1C(=O)N1CCNCC(CC(=O)O)C1. The molecule has 1 atom stereocenters. The van der Waals surface area contributed by atoms with Crippen molar-refractivity contribution in [3.8, 4) is 11.4 Å². The summed E-state index contributed by atoms with van der Waals surface area (Å²) in [5, 5.41) is 12.2. The topological polar surface area (TPSA) is 98.3 Å². The lowest BCUT2D eigenvalue weighted by Crippen LogP contribution is -2.37. The molecule has 0 saturated carbocycles. The number of benzene rings is 1. The molecule has 132 valence electrons. The Kier molecular flexibility index (Phi) is 5.14. The lowest BCUT2D eigenvalue weighted by atomic mass is 10.1. The van der Waals surface area contributed by atoms with Crippen LogP contribution < -0.4 is 5.32 Å². The predicted octanol–water partition coefficient (Wildman–Crippen LogP) is 1.52. The van der Waals surface area contributed by atoms with Gasteiger partial charge in [-0.1, -0.05) is 30.3 Å². The first-order chi connectivity index (χ1) is 12.0. The Labute approximate surface area is 146 Å². The number of aliphatic carboxylic acids is 1. The highest BCUT2D eigenvalue weighted by atomic mass is 16.4. The first-order valence-corrected chi connectivity index (χ1v) is 8.38. The number of aromatic nitrogens is 2. The van der Waals surface area contributed by atoms with Gasteiger partial charge in [-0.25, -0.2) is 4.98 Å². The molecule has 7 heteroatoms. The number of nitrogens with one attached hydrogen (secondary N) is 2. The Hall–Kier alpha value is -2.67. The molecule has 1 aromatic heterocycles. The first kappa shape index (κ1) is 17.2. The molecule has 0 spiro atoms. The first-order valence-electron chi connectivity index (χ1n) is 8.38. The number of nitrogens with zero attached hydrogens (tertiary/aromatic N) is 2. The Balaban J connectivity index is 1.80. The van der Waals surface area contributed by atoms with Gasteiger partial charge in [-0.05, 0) is 12.8 Å². The van der Waals surface area contributed by atoms with Crippen LogP contribution in [0.4, 0.5) is 0 Å². The molecule has 3 N–H and O–H groups in total. The van der Waals surface area contributed by atoms with Crippen molar-refractivity contribution in [2.75, 3.05) is 26.2 Å². The molecule has 0 aliphatic carbocycles. The maximum absolute atomic E-state index is 12.9.